The predicted molar refractivity (Wildman–Crippen MR) is 114 cm³/mol. The number of benzene rings is 1. The van der Waals surface area contributed by atoms with Crippen LogP contribution in [0.3, 0.4) is 0 Å². The Morgan fingerprint density at radius 1 is 1.10 bits per heavy atom. The molecule has 0 spiro atoms. The predicted octanol–water partition coefficient (Wildman–Crippen LogP) is 3.48. The number of rotatable bonds is 4. The highest BCUT2D eigenvalue weighted by Crippen LogP contribution is 2.39. The highest BCUT2D eigenvalue weighted by molar-refractivity contribution is 5.79. The van der Waals surface area contributed by atoms with Crippen LogP contribution in [0.4, 0.5) is 4.39 Å². The summed E-state index contributed by atoms with van der Waals surface area (Å²) >= 11 is 0. The van der Waals surface area contributed by atoms with E-state index in [0.717, 1.165) is 36.4 Å². The number of pyridine rings is 1. The average molecular weight is 426 g/mol. The Balaban J connectivity index is 1.22. The molecular weight excluding hydrogens is 397 g/mol. The molecule has 0 bridgehead atoms. The first-order chi connectivity index (χ1) is 15.1. The molecule has 1 amide bonds. The summed E-state index contributed by atoms with van der Waals surface area (Å²) < 4.78 is 26.7. The van der Waals surface area contributed by atoms with Gasteiger partial charge >= 0.3 is 0 Å². The van der Waals surface area contributed by atoms with Gasteiger partial charge in [0, 0.05) is 25.8 Å². The Bertz CT molecular complexity index is 931. The molecule has 2 saturated heterocycles. The van der Waals surface area contributed by atoms with E-state index in [9.17, 15) is 4.79 Å². The summed E-state index contributed by atoms with van der Waals surface area (Å²) in [5.41, 5.74) is 0.188. The van der Waals surface area contributed by atoms with Gasteiger partial charge in [-0.05, 0) is 55.5 Å². The van der Waals surface area contributed by atoms with Crippen LogP contribution in [0, 0.1) is 0 Å². The molecular formula is C24H28FN3O3. The number of alkyl halides is 1. The van der Waals surface area contributed by atoms with Gasteiger partial charge in [-0.1, -0.05) is 12.1 Å². The van der Waals surface area contributed by atoms with E-state index in [4.69, 9.17) is 9.47 Å². The number of halogens is 1. The summed E-state index contributed by atoms with van der Waals surface area (Å²) in [7, 11) is 0. The third-order valence-corrected chi connectivity index (χ3v) is 6.66. The van der Waals surface area contributed by atoms with E-state index < -0.39 is 5.67 Å². The fraction of sp³-hybridized carbons (Fsp3) is 0.500. The lowest BCUT2D eigenvalue weighted by molar-refractivity contribution is -0.134. The number of aromatic nitrogens is 1. The lowest BCUT2D eigenvalue weighted by Crippen LogP contribution is -2.46. The SMILES string of the molecule is O=C(CN1CCC(F)(c2ccccn2)CC1)N1CCC[C@@H]1c1ccc2c(c1)OCCO2. The van der Waals surface area contributed by atoms with Gasteiger partial charge in [-0.25, -0.2) is 4.39 Å². The zero-order chi connectivity index (χ0) is 21.3. The van der Waals surface area contributed by atoms with Crippen LogP contribution in [-0.2, 0) is 10.5 Å². The molecule has 2 aromatic rings. The van der Waals surface area contributed by atoms with Gasteiger partial charge < -0.3 is 14.4 Å². The number of nitrogens with zero attached hydrogens (tertiary/aromatic N) is 3. The third kappa shape index (κ3) is 4.11. The summed E-state index contributed by atoms with van der Waals surface area (Å²) in [6.45, 7) is 3.32. The molecule has 31 heavy (non-hydrogen) atoms. The van der Waals surface area contributed by atoms with E-state index in [-0.39, 0.29) is 11.9 Å². The first kappa shape index (κ1) is 20.2. The zero-order valence-electron chi connectivity index (χ0n) is 17.6. The fourth-order valence-corrected chi connectivity index (χ4v) is 4.91. The topological polar surface area (TPSA) is 54.9 Å². The van der Waals surface area contributed by atoms with E-state index in [1.54, 1.807) is 18.3 Å². The summed E-state index contributed by atoms with van der Waals surface area (Å²) in [6, 6.07) is 11.4. The number of carbonyl (C=O) groups excluding carboxylic acids is 1. The Morgan fingerprint density at radius 2 is 1.90 bits per heavy atom. The quantitative estimate of drug-likeness (QED) is 0.751. The summed E-state index contributed by atoms with van der Waals surface area (Å²) in [5, 5.41) is 0. The molecule has 0 unspecified atom stereocenters. The van der Waals surface area contributed by atoms with Crippen molar-refractivity contribution in [3.8, 4) is 11.5 Å². The average Bonchev–Trinajstić information content (AvgIpc) is 3.31. The molecule has 0 aliphatic carbocycles. The Kier molecular flexibility index (Phi) is 5.52. The van der Waals surface area contributed by atoms with Crippen LogP contribution < -0.4 is 9.47 Å². The lowest BCUT2D eigenvalue weighted by atomic mass is 9.89. The van der Waals surface area contributed by atoms with Crippen LogP contribution >= 0.6 is 0 Å². The van der Waals surface area contributed by atoms with E-state index in [1.165, 1.54) is 0 Å². The molecule has 4 heterocycles. The van der Waals surface area contributed by atoms with E-state index in [1.807, 2.05) is 29.2 Å². The van der Waals surface area contributed by atoms with Gasteiger partial charge in [0.25, 0.3) is 0 Å². The molecule has 6 nitrogen and oxygen atoms in total. The van der Waals surface area contributed by atoms with Crippen LogP contribution in [0.2, 0.25) is 0 Å². The zero-order valence-corrected chi connectivity index (χ0v) is 17.6. The molecule has 1 aromatic heterocycles. The fourth-order valence-electron chi connectivity index (χ4n) is 4.91. The molecule has 0 N–H and O–H groups in total. The summed E-state index contributed by atoms with van der Waals surface area (Å²) in [5.74, 6) is 1.64. The van der Waals surface area contributed by atoms with Crippen LogP contribution in [0.5, 0.6) is 11.5 Å². The highest BCUT2D eigenvalue weighted by atomic mass is 19.1. The highest BCUT2D eigenvalue weighted by Gasteiger charge is 2.39. The number of amides is 1. The Hall–Kier alpha value is -2.67. The molecule has 0 saturated carbocycles. The number of hydrogen-bond donors (Lipinski definition) is 0. The Labute approximate surface area is 182 Å². The van der Waals surface area contributed by atoms with Crippen molar-refractivity contribution >= 4 is 5.91 Å². The van der Waals surface area contributed by atoms with Crippen molar-refractivity contribution in [3.63, 3.8) is 0 Å². The van der Waals surface area contributed by atoms with Crippen molar-refractivity contribution in [2.45, 2.75) is 37.4 Å². The normalized spacial score (nSPS) is 23.0. The van der Waals surface area contributed by atoms with Crippen molar-refractivity contribution in [3.05, 3.63) is 53.9 Å². The molecule has 5 rings (SSSR count). The minimum absolute atomic E-state index is 0.0573. The van der Waals surface area contributed by atoms with E-state index >= 15 is 4.39 Å². The number of ether oxygens (including phenoxy) is 2. The second-order valence-electron chi connectivity index (χ2n) is 8.60. The maximum atomic E-state index is 15.3. The van der Waals surface area contributed by atoms with Gasteiger partial charge in [0.2, 0.25) is 5.91 Å². The standard InChI is InChI=1S/C24H28FN3O3/c25-24(22-5-1-2-10-26-22)8-12-27(13-9-24)17-23(29)28-11-3-4-19(28)18-6-7-20-21(16-18)31-15-14-30-20/h1-2,5-7,10,16,19H,3-4,8-9,11-15,17H2/t19-/m1/s1. The van der Waals surface area contributed by atoms with E-state index in [0.29, 0.717) is 51.4 Å². The van der Waals surface area contributed by atoms with Gasteiger partial charge in [0.05, 0.1) is 18.3 Å². The molecule has 2 fully saturated rings. The second kappa shape index (κ2) is 8.46. The Morgan fingerprint density at radius 3 is 2.68 bits per heavy atom. The maximum absolute atomic E-state index is 15.3. The van der Waals surface area contributed by atoms with Gasteiger partial charge in [0.15, 0.2) is 17.2 Å². The monoisotopic (exact) mass is 425 g/mol. The van der Waals surface area contributed by atoms with Gasteiger partial charge in [-0.2, -0.15) is 0 Å². The maximum Gasteiger partial charge on any atom is 0.237 e. The minimum atomic E-state index is -1.40. The third-order valence-electron chi connectivity index (χ3n) is 6.66. The number of hydrogen-bond acceptors (Lipinski definition) is 5. The van der Waals surface area contributed by atoms with Crippen molar-refractivity contribution in [2.24, 2.45) is 0 Å². The number of carbonyl (C=O) groups is 1. The smallest absolute Gasteiger partial charge is 0.237 e. The van der Waals surface area contributed by atoms with E-state index in [2.05, 4.69) is 9.88 Å². The summed E-state index contributed by atoms with van der Waals surface area (Å²) in [4.78, 5) is 21.4. The molecule has 3 aliphatic heterocycles. The molecule has 0 radical (unpaired) electrons. The van der Waals surface area contributed by atoms with Gasteiger partial charge in [-0.3, -0.25) is 14.7 Å². The molecule has 164 valence electrons. The lowest BCUT2D eigenvalue weighted by Gasteiger charge is -2.36. The summed E-state index contributed by atoms with van der Waals surface area (Å²) in [6.07, 6.45) is 4.29. The van der Waals surface area contributed by atoms with Crippen molar-refractivity contribution in [2.75, 3.05) is 39.4 Å². The van der Waals surface area contributed by atoms with Crippen molar-refractivity contribution < 1.29 is 18.7 Å². The van der Waals surface area contributed by atoms with Crippen molar-refractivity contribution in [1.82, 2.24) is 14.8 Å². The number of piperidine rings is 1. The van der Waals surface area contributed by atoms with Crippen molar-refractivity contribution in [1.29, 1.82) is 0 Å². The van der Waals surface area contributed by atoms with Crippen LogP contribution in [0.1, 0.15) is 43.0 Å². The largest absolute Gasteiger partial charge is 0.486 e. The molecule has 3 aliphatic rings. The second-order valence-corrected chi connectivity index (χ2v) is 8.60. The van der Waals surface area contributed by atoms with Gasteiger partial charge in [0.1, 0.15) is 13.2 Å². The first-order valence-corrected chi connectivity index (χ1v) is 11.1. The van der Waals surface area contributed by atoms with Gasteiger partial charge in [-0.15, -0.1) is 0 Å². The number of likely N-dealkylation sites (tertiary alicyclic amines) is 2. The molecule has 7 heteroatoms. The van der Waals surface area contributed by atoms with Crippen LogP contribution in [-0.4, -0.2) is 60.1 Å². The first-order valence-electron chi connectivity index (χ1n) is 11.1. The van der Waals surface area contributed by atoms with Crippen LogP contribution in [0.25, 0.3) is 0 Å². The van der Waals surface area contributed by atoms with Crippen LogP contribution in [0.15, 0.2) is 42.6 Å². The molecule has 1 aromatic carbocycles. The minimum Gasteiger partial charge on any atom is -0.486 e. The number of fused-ring (bicyclic) bond motifs is 1. The molecule has 1 atom stereocenters.